The van der Waals surface area contributed by atoms with Crippen LogP contribution < -0.4 is 4.72 Å². The van der Waals surface area contributed by atoms with Crippen molar-refractivity contribution in [1.82, 2.24) is 4.57 Å². The maximum absolute atomic E-state index is 13.3. The number of sulfone groups is 1. The van der Waals surface area contributed by atoms with Crippen LogP contribution in [0.4, 0.5) is 5.69 Å². The Morgan fingerprint density at radius 2 is 1.71 bits per heavy atom. The number of carboxylic acids is 1. The summed E-state index contributed by atoms with van der Waals surface area (Å²) in [6.45, 7) is 0. The summed E-state index contributed by atoms with van der Waals surface area (Å²) in [5.74, 6) is -1.17. The Morgan fingerprint density at radius 1 is 1.03 bits per heavy atom. The van der Waals surface area contributed by atoms with Crippen LogP contribution in [-0.2, 0) is 19.9 Å². The van der Waals surface area contributed by atoms with E-state index >= 15 is 0 Å². The second-order valence-corrected chi connectivity index (χ2v) is 11.1. The van der Waals surface area contributed by atoms with Crippen molar-refractivity contribution in [3.8, 4) is 5.69 Å². The van der Waals surface area contributed by atoms with Crippen molar-refractivity contribution in [3.05, 3.63) is 72.1 Å². The number of aromatic carboxylic acids is 1. The summed E-state index contributed by atoms with van der Waals surface area (Å²) in [5.41, 5.74) is 0.921. The molecule has 1 aromatic heterocycles. The third-order valence-electron chi connectivity index (χ3n) is 5.09. The van der Waals surface area contributed by atoms with Gasteiger partial charge in [-0.25, -0.2) is 21.6 Å². The quantitative estimate of drug-likeness (QED) is 0.558. The Labute approximate surface area is 180 Å². The first-order valence-electron chi connectivity index (χ1n) is 9.44. The molecule has 1 fully saturated rings. The Balaban J connectivity index is 1.85. The molecule has 0 atom stereocenters. The summed E-state index contributed by atoms with van der Waals surface area (Å²) in [6.07, 6.45) is 6.10. The molecule has 10 heteroatoms. The first-order chi connectivity index (χ1) is 14.6. The van der Waals surface area contributed by atoms with Crippen LogP contribution in [-0.4, -0.2) is 38.7 Å². The van der Waals surface area contributed by atoms with Crippen LogP contribution in [0.15, 0.2) is 70.7 Å². The van der Waals surface area contributed by atoms with Crippen molar-refractivity contribution >= 4 is 31.5 Å². The van der Waals surface area contributed by atoms with Crippen molar-refractivity contribution in [2.24, 2.45) is 0 Å². The molecule has 31 heavy (non-hydrogen) atoms. The third kappa shape index (κ3) is 4.35. The average molecular weight is 461 g/mol. The molecule has 162 valence electrons. The molecule has 0 aliphatic heterocycles. The molecule has 0 bridgehead atoms. The fourth-order valence-corrected chi connectivity index (χ4v) is 5.42. The van der Waals surface area contributed by atoms with Gasteiger partial charge in [0, 0.05) is 18.6 Å². The zero-order valence-corrected chi connectivity index (χ0v) is 18.2. The highest BCUT2D eigenvalue weighted by Crippen LogP contribution is 2.43. The first-order valence-corrected chi connectivity index (χ1v) is 12.8. The van der Waals surface area contributed by atoms with Gasteiger partial charge in [0.1, 0.15) is 0 Å². The van der Waals surface area contributed by atoms with E-state index in [0.717, 1.165) is 25.2 Å². The van der Waals surface area contributed by atoms with Gasteiger partial charge in [0.2, 0.25) is 0 Å². The van der Waals surface area contributed by atoms with Gasteiger partial charge in [-0.05, 0) is 66.8 Å². The minimum Gasteiger partial charge on any atom is -0.478 e. The Bertz CT molecular complexity index is 1370. The highest BCUT2D eigenvalue weighted by Gasteiger charge is 2.31. The molecule has 4 rings (SSSR count). The van der Waals surface area contributed by atoms with E-state index in [1.165, 1.54) is 30.3 Å². The molecule has 1 aliphatic rings. The zero-order valence-electron chi connectivity index (χ0n) is 16.5. The number of carboxylic acid groups (broad SMARTS) is 1. The average Bonchev–Trinajstić information content (AvgIpc) is 3.40. The van der Waals surface area contributed by atoms with Gasteiger partial charge in [-0.15, -0.1) is 0 Å². The largest absolute Gasteiger partial charge is 0.478 e. The second-order valence-electron chi connectivity index (χ2n) is 7.48. The van der Waals surface area contributed by atoms with E-state index in [2.05, 4.69) is 4.72 Å². The molecule has 0 spiro atoms. The van der Waals surface area contributed by atoms with Gasteiger partial charge < -0.3 is 9.67 Å². The Kier molecular flexibility index (Phi) is 5.14. The summed E-state index contributed by atoms with van der Waals surface area (Å²) < 4.78 is 54.9. The number of rotatable bonds is 7. The van der Waals surface area contributed by atoms with Crippen LogP contribution >= 0.6 is 0 Å². The van der Waals surface area contributed by atoms with Crippen LogP contribution in [0.5, 0.6) is 0 Å². The lowest BCUT2D eigenvalue weighted by Gasteiger charge is -2.17. The molecule has 1 saturated carbocycles. The van der Waals surface area contributed by atoms with Crippen LogP contribution in [0.25, 0.3) is 5.69 Å². The number of nitrogens with one attached hydrogen (secondary N) is 1. The number of hydrogen-bond acceptors (Lipinski definition) is 5. The number of aromatic nitrogens is 1. The number of hydrogen-bond donors (Lipinski definition) is 2. The Morgan fingerprint density at radius 3 is 2.29 bits per heavy atom. The standard InChI is InChI=1S/C21H20N2O6S2/c1-30(26,27)16-7-9-19(23-10-2-3-11-23)18(13-16)22-31(28,29)20-12-15(21(24)25)6-8-17(20)14-4-5-14/h2-3,6-14,22H,4-5H2,1H3,(H,24,25). The highest BCUT2D eigenvalue weighted by atomic mass is 32.2. The monoisotopic (exact) mass is 460 g/mol. The van der Waals surface area contributed by atoms with Gasteiger partial charge in [-0.1, -0.05) is 6.07 Å². The molecule has 1 aliphatic carbocycles. The fraction of sp³-hybridized carbons (Fsp3) is 0.190. The minimum atomic E-state index is -4.20. The lowest BCUT2D eigenvalue weighted by atomic mass is 10.1. The lowest BCUT2D eigenvalue weighted by molar-refractivity contribution is 0.0696. The second kappa shape index (κ2) is 7.54. The van der Waals surface area contributed by atoms with Crippen LogP contribution in [0.2, 0.25) is 0 Å². The first kappa shape index (κ1) is 21.1. The maximum Gasteiger partial charge on any atom is 0.335 e. The van der Waals surface area contributed by atoms with E-state index < -0.39 is 25.8 Å². The molecular formula is C21H20N2O6S2. The molecule has 2 aromatic carbocycles. The predicted molar refractivity (Wildman–Crippen MR) is 115 cm³/mol. The normalized spacial score (nSPS) is 14.4. The molecule has 2 N–H and O–H groups in total. The van der Waals surface area contributed by atoms with E-state index in [1.54, 1.807) is 29.1 Å². The van der Waals surface area contributed by atoms with Gasteiger partial charge in [-0.2, -0.15) is 0 Å². The Hall–Kier alpha value is -3.11. The van der Waals surface area contributed by atoms with Gasteiger partial charge in [0.25, 0.3) is 10.0 Å². The molecule has 8 nitrogen and oxygen atoms in total. The lowest BCUT2D eigenvalue weighted by Crippen LogP contribution is -2.17. The van der Waals surface area contributed by atoms with Crippen molar-refractivity contribution < 1.29 is 26.7 Å². The van der Waals surface area contributed by atoms with Crippen LogP contribution in [0.1, 0.15) is 34.7 Å². The van der Waals surface area contributed by atoms with E-state index in [9.17, 15) is 26.7 Å². The van der Waals surface area contributed by atoms with Gasteiger partial charge in [0.15, 0.2) is 9.84 Å². The van der Waals surface area contributed by atoms with E-state index in [0.29, 0.717) is 11.3 Å². The topological polar surface area (TPSA) is 123 Å². The minimum absolute atomic E-state index is 0.0391. The molecule has 3 aromatic rings. The summed E-state index contributed by atoms with van der Waals surface area (Å²) in [7, 11) is -7.78. The number of anilines is 1. The molecule has 0 saturated heterocycles. The van der Waals surface area contributed by atoms with E-state index in [-0.39, 0.29) is 27.0 Å². The van der Waals surface area contributed by atoms with Crippen molar-refractivity contribution in [2.75, 3.05) is 11.0 Å². The van der Waals surface area contributed by atoms with Crippen molar-refractivity contribution in [1.29, 1.82) is 0 Å². The van der Waals surface area contributed by atoms with Crippen LogP contribution in [0.3, 0.4) is 0 Å². The van der Waals surface area contributed by atoms with E-state index in [1.807, 2.05) is 0 Å². The van der Waals surface area contributed by atoms with E-state index in [4.69, 9.17) is 0 Å². The van der Waals surface area contributed by atoms with Gasteiger partial charge in [0.05, 0.1) is 26.7 Å². The van der Waals surface area contributed by atoms with Crippen molar-refractivity contribution in [3.63, 3.8) is 0 Å². The SMILES string of the molecule is CS(=O)(=O)c1ccc(-n2cccc2)c(NS(=O)(=O)c2cc(C(=O)O)ccc2C2CC2)c1. The van der Waals surface area contributed by atoms with Crippen molar-refractivity contribution in [2.45, 2.75) is 28.6 Å². The molecule has 1 heterocycles. The molecular weight excluding hydrogens is 440 g/mol. The number of benzene rings is 2. The summed E-state index contributed by atoms with van der Waals surface area (Å²) in [4.78, 5) is 11.3. The summed E-state index contributed by atoms with van der Waals surface area (Å²) >= 11 is 0. The van der Waals surface area contributed by atoms with Gasteiger partial charge >= 0.3 is 5.97 Å². The smallest absolute Gasteiger partial charge is 0.335 e. The third-order valence-corrected chi connectivity index (χ3v) is 7.62. The number of nitrogens with zero attached hydrogens (tertiary/aromatic N) is 1. The summed E-state index contributed by atoms with van der Waals surface area (Å²) in [6, 6.07) is 11.8. The predicted octanol–water partition coefficient (Wildman–Crippen LogP) is 3.26. The fourth-order valence-electron chi connectivity index (χ4n) is 3.38. The maximum atomic E-state index is 13.3. The molecule has 0 amide bonds. The summed E-state index contributed by atoms with van der Waals surface area (Å²) in [5, 5.41) is 9.32. The molecule has 0 radical (unpaired) electrons. The highest BCUT2D eigenvalue weighted by molar-refractivity contribution is 7.92. The zero-order chi connectivity index (χ0) is 22.4. The number of sulfonamides is 1. The van der Waals surface area contributed by atoms with Crippen LogP contribution in [0, 0.1) is 0 Å². The number of carbonyl (C=O) groups is 1. The molecule has 0 unspecified atom stereocenters. The van der Waals surface area contributed by atoms with Gasteiger partial charge in [-0.3, -0.25) is 4.72 Å².